The van der Waals surface area contributed by atoms with Crippen LogP contribution < -0.4 is 10.6 Å². The molecule has 2 aromatic rings. The van der Waals surface area contributed by atoms with Gasteiger partial charge < -0.3 is 10.6 Å². The Balaban J connectivity index is 0.00000208. The molecule has 3 rings (SSSR count). The Morgan fingerprint density at radius 2 is 2.29 bits per heavy atom. The average Bonchev–Trinajstić information content (AvgIpc) is 3.17. The molecule has 7 heteroatoms. The number of nitrogens with zero attached hydrogens (tertiary/aromatic N) is 2. The van der Waals surface area contributed by atoms with Crippen LogP contribution in [0.4, 0.5) is 0 Å². The molecule has 1 aliphatic rings. The van der Waals surface area contributed by atoms with Gasteiger partial charge in [-0.15, -0.1) is 35.3 Å². The topological polar surface area (TPSA) is 49.3 Å². The number of thiazole rings is 1. The predicted octanol–water partition coefficient (Wildman–Crippen LogP) is 4.33. The minimum Gasteiger partial charge on any atom is -0.357 e. The number of aryl methyl sites for hydroxylation is 1. The molecule has 1 aromatic heterocycles. The molecule has 0 bridgehead atoms. The smallest absolute Gasteiger partial charge is 0.191 e. The summed E-state index contributed by atoms with van der Waals surface area (Å²) < 4.78 is 0. The fourth-order valence-corrected chi connectivity index (χ4v) is 3.49. The summed E-state index contributed by atoms with van der Waals surface area (Å²) in [4.78, 5) is 10.2. The van der Waals surface area contributed by atoms with E-state index in [0.717, 1.165) is 29.0 Å². The molecule has 24 heavy (non-hydrogen) atoms. The van der Waals surface area contributed by atoms with Crippen molar-refractivity contribution in [1.82, 2.24) is 15.6 Å². The number of halogens is 2. The van der Waals surface area contributed by atoms with Crippen molar-refractivity contribution in [3.8, 4) is 0 Å². The van der Waals surface area contributed by atoms with Crippen LogP contribution in [0, 0.1) is 6.92 Å². The van der Waals surface area contributed by atoms with Crippen LogP contribution >= 0.6 is 46.9 Å². The largest absolute Gasteiger partial charge is 0.357 e. The van der Waals surface area contributed by atoms with E-state index in [1.165, 1.54) is 10.4 Å². The second kappa shape index (κ2) is 9.01. The fourth-order valence-electron chi connectivity index (χ4n) is 2.58. The lowest BCUT2D eigenvalue weighted by molar-refractivity contribution is 0.794. The summed E-state index contributed by atoms with van der Waals surface area (Å²) in [6.45, 7) is 5.60. The average molecular weight is 477 g/mol. The van der Waals surface area contributed by atoms with Crippen molar-refractivity contribution in [2.75, 3.05) is 6.54 Å². The number of hydrogen-bond donors (Lipinski definition) is 2. The minimum absolute atomic E-state index is 0. The van der Waals surface area contributed by atoms with E-state index in [1.807, 2.05) is 18.3 Å². The van der Waals surface area contributed by atoms with Gasteiger partial charge in [0.05, 0.1) is 6.54 Å². The van der Waals surface area contributed by atoms with Gasteiger partial charge in [0.25, 0.3) is 0 Å². The highest BCUT2D eigenvalue weighted by Gasteiger charge is 2.39. The van der Waals surface area contributed by atoms with Gasteiger partial charge in [0.2, 0.25) is 0 Å². The quantitative estimate of drug-likeness (QED) is 0.384. The number of aromatic nitrogens is 1. The molecule has 1 aromatic carbocycles. The van der Waals surface area contributed by atoms with Crippen LogP contribution in [0.25, 0.3) is 0 Å². The molecule has 0 amide bonds. The molecule has 2 N–H and O–H groups in total. The fraction of sp³-hybridized carbons (Fsp3) is 0.412. The van der Waals surface area contributed by atoms with Gasteiger partial charge in [0.15, 0.2) is 5.96 Å². The molecular weight excluding hydrogens is 455 g/mol. The van der Waals surface area contributed by atoms with Crippen LogP contribution in [0.15, 0.2) is 35.5 Å². The Morgan fingerprint density at radius 3 is 2.96 bits per heavy atom. The van der Waals surface area contributed by atoms with E-state index in [2.05, 4.69) is 46.6 Å². The second-order valence-corrected chi connectivity index (χ2v) is 7.46. The number of nitrogens with one attached hydrogen (secondary N) is 2. The highest BCUT2D eigenvalue weighted by molar-refractivity contribution is 14.0. The molecule has 0 spiro atoms. The van der Waals surface area contributed by atoms with Crippen LogP contribution in [-0.4, -0.2) is 23.5 Å². The van der Waals surface area contributed by atoms with E-state index in [1.54, 1.807) is 11.3 Å². The van der Waals surface area contributed by atoms with Gasteiger partial charge in [-0.05, 0) is 38.0 Å². The number of rotatable bonds is 5. The van der Waals surface area contributed by atoms with E-state index in [0.29, 0.717) is 18.5 Å². The summed E-state index contributed by atoms with van der Waals surface area (Å²) in [6.07, 6.45) is 3.01. The third-order valence-corrected chi connectivity index (χ3v) is 4.91. The van der Waals surface area contributed by atoms with E-state index in [4.69, 9.17) is 11.6 Å². The van der Waals surface area contributed by atoms with Crippen LogP contribution in [0.5, 0.6) is 0 Å². The van der Waals surface area contributed by atoms with E-state index < -0.39 is 0 Å². The third kappa shape index (κ3) is 5.32. The number of guanidine groups is 1. The highest BCUT2D eigenvalue weighted by atomic mass is 127. The number of aliphatic imine (C=N–C) groups is 1. The Kier molecular flexibility index (Phi) is 7.31. The van der Waals surface area contributed by atoms with Gasteiger partial charge in [-0.2, -0.15) is 0 Å². The number of hydrogen-bond acceptors (Lipinski definition) is 3. The summed E-state index contributed by atoms with van der Waals surface area (Å²) in [5, 5.41) is 8.66. The summed E-state index contributed by atoms with van der Waals surface area (Å²) in [5.74, 6) is 1.37. The summed E-state index contributed by atoms with van der Waals surface area (Å²) in [6, 6.07) is 8.54. The second-order valence-electron chi connectivity index (χ2n) is 5.71. The number of benzene rings is 1. The van der Waals surface area contributed by atoms with Crippen molar-refractivity contribution in [3.05, 3.63) is 50.9 Å². The first-order valence-corrected chi connectivity index (χ1v) is 9.06. The van der Waals surface area contributed by atoms with Gasteiger partial charge in [0, 0.05) is 34.6 Å². The van der Waals surface area contributed by atoms with Gasteiger partial charge >= 0.3 is 0 Å². The van der Waals surface area contributed by atoms with Crippen LogP contribution in [0.1, 0.15) is 34.7 Å². The SMILES string of the molecule is CCNC(=NCc1ncc(C)s1)NC1CC1c1cccc(Cl)c1.I. The van der Waals surface area contributed by atoms with E-state index in [-0.39, 0.29) is 24.0 Å². The van der Waals surface area contributed by atoms with E-state index in [9.17, 15) is 0 Å². The first kappa shape index (κ1) is 19.5. The summed E-state index contributed by atoms with van der Waals surface area (Å²) >= 11 is 7.77. The van der Waals surface area contributed by atoms with E-state index >= 15 is 0 Å². The zero-order valence-electron chi connectivity index (χ0n) is 13.8. The van der Waals surface area contributed by atoms with Crippen molar-refractivity contribution in [3.63, 3.8) is 0 Å². The first-order chi connectivity index (χ1) is 11.2. The van der Waals surface area contributed by atoms with Crippen molar-refractivity contribution >= 4 is 52.9 Å². The monoisotopic (exact) mass is 476 g/mol. The Bertz CT molecular complexity index is 703. The van der Waals surface area contributed by atoms with Gasteiger partial charge in [-0.25, -0.2) is 9.98 Å². The molecule has 0 aliphatic heterocycles. The molecule has 0 radical (unpaired) electrons. The Labute approximate surface area is 169 Å². The standard InChI is InChI=1S/C17H21ClN4S.HI/c1-3-19-17(21-10-16-20-9-11(2)23-16)22-15-8-14(15)12-5-4-6-13(18)7-12;/h4-7,9,14-15H,3,8,10H2,1-2H3,(H2,19,21,22);1H. The predicted molar refractivity (Wildman–Crippen MR) is 113 cm³/mol. The third-order valence-electron chi connectivity index (χ3n) is 3.78. The molecule has 2 unspecified atom stereocenters. The molecule has 1 saturated carbocycles. The first-order valence-electron chi connectivity index (χ1n) is 7.87. The minimum atomic E-state index is 0. The lowest BCUT2D eigenvalue weighted by Gasteiger charge is -2.11. The van der Waals surface area contributed by atoms with Crippen LogP contribution in [0.2, 0.25) is 5.02 Å². The maximum Gasteiger partial charge on any atom is 0.191 e. The summed E-state index contributed by atoms with van der Waals surface area (Å²) in [7, 11) is 0. The van der Waals surface area contributed by atoms with Gasteiger partial charge in [0.1, 0.15) is 5.01 Å². The molecule has 2 atom stereocenters. The molecule has 1 aliphatic carbocycles. The molecule has 130 valence electrons. The lowest BCUT2D eigenvalue weighted by Crippen LogP contribution is -2.39. The Hall–Kier alpha value is -0.860. The maximum absolute atomic E-state index is 6.08. The zero-order valence-corrected chi connectivity index (χ0v) is 17.7. The molecule has 0 saturated heterocycles. The van der Waals surface area contributed by atoms with Gasteiger partial charge in [-0.1, -0.05) is 23.7 Å². The van der Waals surface area contributed by atoms with Crippen molar-refractivity contribution < 1.29 is 0 Å². The van der Waals surface area contributed by atoms with Crippen LogP contribution in [0.3, 0.4) is 0 Å². The lowest BCUT2D eigenvalue weighted by atomic mass is 10.1. The molecular formula is C17H22ClIN4S. The maximum atomic E-state index is 6.08. The Morgan fingerprint density at radius 1 is 1.46 bits per heavy atom. The van der Waals surface area contributed by atoms with Gasteiger partial charge in [-0.3, -0.25) is 0 Å². The van der Waals surface area contributed by atoms with Crippen molar-refractivity contribution in [2.45, 2.75) is 38.8 Å². The molecule has 1 heterocycles. The van der Waals surface area contributed by atoms with Crippen molar-refractivity contribution in [2.24, 2.45) is 4.99 Å². The summed E-state index contributed by atoms with van der Waals surface area (Å²) in [5.41, 5.74) is 1.29. The van der Waals surface area contributed by atoms with Crippen LogP contribution in [-0.2, 0) is 6.54 Å². The zero-order chi connectivity index (χ0) is 16.2. The molecule has 4 nitrogen and oxygen atoms in total. The normalized spacial score (nSPS) is 19.5. The van der Waals surface area contributed by atoms with Crippen molar-refractivity contribution in [1.29, 1.82) is 0 Å². The highest BCUT2D eigenvalue weighted by Crippen LogP contribution is 2.41. The molecule has 1 fully saturated rings.